The van der Waals surface area contributed by atoms with Crippen LogP contribution in [0, 0.1) is 0 Å². The minimum absolute atomic E-state index is 0.0436. The van der Waals surface area contributed by atoms with Crippen molar-refractivity contribution in [2.45, 2.75) is 24.9 Å². The number of phenols is 1. The van der Waals surface area contributed by atoms with Gasteiger partial charge >= 0.3 is 0 Å². The van der Waals surface area contributed by atoms with Crippen molar-refractivity contribution >= 4 is 5.91 Å². The van der Waals surface area contributed by atoms with E-state index in [1.807, 2.05) is 35.2 Å². The largest absolute Gasteiger partial charge is 0.508 e. The molecular formula is C20H22N2O2. The molecule has 2 fully saturated rings. The fraction of sp³-hybridized carbons (Fsp3) is 0.350. The lowest BCUT2D eigenvalue weighted by Gasteiger charge is -2.42. The number of phenolic OH excluding ortho intramolecular Hbond substituents is 1. The number of carbonyl (C=O) groups excluding carboxylic acids is 1. The van der Waals surface area contributed by atoms with Crippen LogP contribution >= 0.6 is 0 Å². The maximum Gasteiger partial charge on any atom is 0.240 e. The van der Waals surface area contributed by atoms with Crippen LogP contribution in [0.4, 0.5) is 0 Å². The molecule has 0 radical (unpaired) electrons. The molecule has 0 saturated carbocycles. The summed E-state index contributed by atoms with van der Waals surface area (Å²) in [6, 6.07) is 17.7. The van der Waals surface area contributed by atoms with Crippen LogP contribution in [0.2, 0.25) is 0 Å². The lowest BCUT2D eigenvalue weighted by Crippen LogP contribution is -2.53. The zero-order chi connectivity index (χ0) is 16.5. The monoisotopic (exact) mass is 322 g/mol. The van der Waals surface area contributed by atoms with E-state index in [2.05, 4.69) is 17.0 Å². The Bertz CT molecular complexity index is 708. The number of hydrogen-bond acceptors (Lipinski definition) is 3. The highest BCUT2D eigenvalue weighted by Crippen LogP contribution is 2.32. The molecule has 2 aliphatic rings. The Hall–Kier alpha value is -2.33. The number of aromatic hydroxyl groups is 1. The predicted molar refractivity (Wildman–Crippen MR) is 92.7 cm³/mol. The molecule has 0 aromatic heterocycles. The lowest BCUT2D eigenvalue weighted by molar-refractivity contribution is -0.134. The van der Waals surface area contributed by atoms with Gasteiger partial charge in [-0.2, -0.15) is 0 Å². The number of likely N-dealkylation sites (tertiary alicyclic amines) is 2. The highest BCUT2D eigenvalue weighted by Gasteiger charge is 2.41. The number of amides is 1. The second-order valence-electron chi connectivity index (χ2n) is 6.79. The molecule has 0 spiro atoms. The first-order chi connectivity index (χ1) is 11.7. The third kappa shape index (κ3) is 2.89. The van der Waals surface area contributed by atoms with Gasteiger partial charge in [-0.1, -0.05) is 42.5 Å². The van der Waals surface area contributed by atoms with Crippen molar-refractivity contribution in [3.8, 4) is 5.75 Å². The van der Waals surface area contributed by atoms with Crippen molar-refractivity contribution in [2.24, 2.45) is 0 Å². The summed E-state index contributed by atoms with van der Waals surface area (Å²) in [4.78, 5) is 17.0. The molecule has 4 heteroatoms. The third-order valence-electron chi connectivity index (χ3n) is 5.20. The molecule has 1 N–H and O–H groups in total. The minimum atomic E-state index is 0.0436. The maximum absolute atomic E-state index is 12.7. The third-order valence-corrected chi connectivity index (χ3v) is 5.20. The molecule has 4 rings (SSSR count). The molecule has 2 aromatic rings. The van der Waals surface area contributed by atoms with Crippen LogP contribution in [0.15, 0.2) is 54.6 Å². The summed E-state index contributed by atoms with van der Waals surface area (Å²) < 4.78 is 0. The molecule has 1 unspecified atom stereocenters. The fourth-order valence-corrected chi connectivity index (χ4v) is 3.75. The van der Waals surface area contributed by atoms with Crippen molar-refractivity contribution in [1.29, 1.82) is 0 Å². The first kappa shape index (κ1) is 15.2. The van der Waals surface area contributed by atoms with Crippen LogP contribution < -0.4 is 0 Å². The number of nitrogens with zero attached hydrogens (tertiary/aromatic N) is 2. The van der Waals surface area contributed by atoms with Gasteiger partial charge in [0, 0.05) is 32.1 Å². The SMILES string of the molecule is O=C1C(N2CC(c3ccc(O)cc3)C2)CCN1Cc1ccccc1. The maximum atomic E-state index is 12.7. The molecule has 2 aliphatic heterocycles. The van der Waals surface area contributed by atoms with Gasteiger partial charge in [0.05, 0.1) is 6.04 Å². The Morgan fingerprint density at radius 1 is 1.00 bits per heavy atom. The highest BCUT2D eigenvalue weighted by molar-refractivity contribution is 5.84. The Balaban J connectivity index is 1.34. The van der Waals surface area contributed by atoms with E-state index >= 15 is 0 Å². The quantitative estimate of drug-likeness (QED) is 0.941. The summed E-state index contributed by atoms with van der Waals surface area (Å²) >= 11 is 0. The molecule has 124 valence electrons. The van der Waals surface area contributed by atoms with Crippen molar-refractivity contribution in [3.63, 3.8) is 0 Å². The van der Waals surface area contributed by atoms with Crippen LogP contribution in [0.3, 0.4) is 0 Å². The van der Waals surface area contributed by atoms with E-state index in [0.717, 1.165) is 26.1 Å². The average molecular weight is 322 g/mol. The number of rotatable bonds is 4. The summed E-state index contributed by atoms with van der Waals surface area (Å²) in [5, 5.41) is 9.38. The van der Waals surface area contributed by atoms with E-state index in [4.69, 9.17) is 0 Å². The average Bonchev–Trinajstić information content (AvgIpc) is 2.90. The Kier molecular flexibility index (Phi) is 3.98. The number of hydrogen-bond donors (Lipinski definition) is 1. The van der Waals surface area contributed by atoms with E-state index in [-0.39, 0.29) is 11.9 Å². The van der Waals surface area contributed by atoms with Crippen molar-refractivity contribution in [2.75, 3.05) is 19.6 Å². The molecule has 4 nitrogen and oxygen atoms in total. The van der Waals surface area contributed by atoms with Gasteiger partial charge < -0.3 is 10.0 Å². The molecule has 1 amide bonds. The summed E-state index contributed by atoms with van der Waals surface area (Å²) in [6.07, 6.45) is 0.925. The standard InChI is InChI=1S/C20H22N2O2/c23-18-8-6-16(7-9-18)17-13-22(14-17)19-10-11-21(20(19)24)12-15-4-2-1-3-5-15/h1-9,17,19,23H,10-14H2. The van der Waals surface area contributed by atoms with Crippen LogP contribution in [0.25, 0.3) is 0 Å². The summed E-state index contributed by atoms with van der Waals surface area (Å²) in [7, 11) is 0. The van der Waals surface area contributed by atoms with Crippen LogP contribution in [-0.2, 0) is 11.3 Å². The lowest BCUT2D eigenvalue weighted by atomic mass is 9.89. The fourth-order valence-electron chi connectivity index (χ4n) is 3.75. The Morgan fingerprint density at radius 2 is 1.71 bits per heavy atom. The van der Waals surface area contributed by atoms with Crippen LogP contribution in [0.5, 0.6) is 5.75 Å². The molecule has 2 aromatic carbocycles. The summed E-state index contributed by atoms with van der Waals surface area (Å²) in [5.41, 5.74) is 2.44. The smallest absolute Gasteiger partial charge is 0.240 e. The van der Waals surface area contributed by atoms with Crippen molar-refractivity contribution in [1.82, 2.24) is 9.80 Å². The summed E-state index contributed by atoms with van der Waals surface area (Å²) in [5.74, 6) is 1.04. The van der Waals surface area contributed by atoms with E-state index in [1.165, 1.54) is 11.1 Å². The number of carbonyl (C=O) groups is 1. The zero-order valence-electron chi connectivity index (χ0n) is 13.6. The second kappa shape index (κ2) is 6.29. The molecule has 1 atom stereocenters. The minimum Gasteiger partial charge on any atom is -0.508 e. The molecule has 24 heavy (non-hydrogen) atoms. The first-order valence-electron chi connectivity index (χ1n) is 8.56. The zero-order valence-corrected chi connectivity index (χ0v) is 13.6. The van der Waals surface area contributed by atoms with Gasteiger partial charge in [0.15, 0.2) is 0 Å². The van der Waals surface area contributed by atoms with E-state index in [1.54, 1.807) is 12.1 Å². The normalized spacial score (nSPS) is 21.9. The van der Waals surface area contributed by atoms with Crippen LogP contribution in [0.1, 0.15) is 23.5 Å². The highest BCUT2D eigenvalue weighted by atomic mass is 16.3. The molecule has 0 bridgehead atoms. The van der Waals surface area contributed by atoms with Gasteiger partial charge in [-0.25, -0.2) is 0 Å². The first-order valence-corrected chi connectivity index (χ1v) is 8.56. The molecule has 2 saturated heterocycles. The van der Waals surface area contributed by atoms with Crippen LogP contribution in [-0.4, -0.2) is 46.5 Å². The van der Waals surface area contributed by atoms with Gasteiger partial charge in [0.1, 0.15) is 5.75 Å². The number of benzene rings is 2. The van der Waals surface area contributed by atoms with E-state index in [0.29, 0.717) is 18.2 Å². The van der Waals surface area contributed by atoms with E-state index < -0.39 is 0 Å². The van der Waals surface area contributed by atoms with Gasteiger partial charge in [-0.15, -0.1) is 0 Å². The molecular weight excluding hydrogens is 300 g/mol. The van der Waals surface area contributed by atoms with E-state index in [9.17, 15) is 9.90 Å². The predicted octanol–water partition coefficient (Wildman–Crippen LogP) is 2.59. The van der Waals surface area contributed by atoms with Crippen molar-refractivity contribution in [3.05, 3.63) is 65.7 Å². The van der Waals surface area contributed by atoms with Gasteiger partial charge in [0.25, 0.3) is 0 Å². The second-order valence-corrected chi connectivity index (χ2v) is 6.79. The Morgan fingerprint density at radius 3 is 2.42 bits per heavy atom. The van der Waals surface area contributed by atoms with Gasteiger partial charge in [0.2, 0.25) is 5.91 Å². The summed E-state index contributed by atoms with van der Waals surface area (Å²) in [6.45, 7) is 3.42. The van der Waals surface area contributed by atoms with Gasteiger partial charge in [-0.3, -0.25) is 9.69 Å². The van der Waals surface area contributed by atoms with Gasteiger partial charge in [-0.05, 0) is 29.7 Å². The Labute approximate surface area is 142 Å². The molecule has 0 aliphatic carbocycles. The topological polar surface area (TPSA) is 43.8 Å². The molecule has 2 heterocycles. The van der Waals surface area contributed by atoms with Crippen molar-refractivity contribution < 1.29 is 9.90 Å².